The molecular weight excluding hydrogens is 376 g/mol. The second-order valence-electron chi connectivity index (χ2n) is 6.41. The summed E-state index contributed by atoms with van der Waals surface area (Å²) in [6, 6.07) is 5.34. The van der Waals surface area contributed by atoms with Crippen molar-refractivity contribution < 1.29 is 9.21 Å². The summed E-state index contributed by atoms with van der Waals surface area (Å²) in [5, 5.41) is 3.75. The molecule has 0 bridgehead atoms. The van der Waals surface area contributed by atoms with Gasteiger partial charge in [0.25, 0.3) is 5.91 Å². The van der Waals surface area contributed by atoms with Gasteiger partial charge in [0, 0.05) is 43.9 Å². The number of carbonyl (C=O) groups is 1. The molecule has 0 aromatic carbocycles. The number of rotatable bonds is 6. The summed E-state index contributed by atoms with van der Waals surface area (Å²) in [4.78, 5) is 31.5. The number of aromatic nitrogens is 4. The largest absolute Gasteiger partial charge is 0.455 e. The van der Waals surface area contributed by atoms with Gasteiger partial charge in [0.2, 0.25) is 0 Å². The number of furan rings is 1. The number of thioether (sulfide) groups is 1. The molecule has 3 aromatic heterocycles. The maximum atomic E-state index is 12.6. The molecule has 1 fully saturated rings. The fourth-order valence-electron chi connectivity index (χ4n) is 3.09. The lowest BCUT2D eigenvalue weighted by Crippen LogP contribution is -2.48. The van der Waals surface area contributed by atoms with Crippen LogP contribution in [-0.4, -0.2) is 45.0 Å². The molecule has 3 aromatic rings. The molecule has 1 unspecified atom stereocenters. The van der Waals surface area contributed by atoms with Crippen molar-refractivity contribution in [3.63, 3.8) is 0 Å². The minimum atomic E-state index is -0.196. The van der Waals surface area contributed by atoms with Crippen LogP contribution in [0.3, 0.4) is 0 Å². The Morgan fingerprint density at radius 2 is 2.11 bits per heavy atom. The molecular formula is C19H20N6O2S. The first kappa shape index (κ1) is 18.4. The van der Waals surface area contributed by atoms with Crippen LogP contribution in [0, 0.1) is 0 Å². The third-order valence-corrected chi connectivity index (χ3v) is 5.30. The maximum absolute atomic E-state index is 12.6. The predicted molar refractivity (Wildman–Crippen MR) is 105 cm³/mol. The molecule has 1 N–H and O–H groups in total. The Morgan fingerprint density at radius 1 is 1.21 bits per heavy atom. The van der Waals surface area contributed by atoms with Crippen LogP contribution < -0.4 is 10.2 Å². The average Bonchev–Trinajstić information content (AvgIpc) is 3.23. The lowest BCUT2D eigenvalue weighted by Gasteiger charge is -2.33. The third kappa shape index (κ3) is 4.66. The zero-order valence-corrected chi connectivity index (χ0v) is 16.0. The normalized spacial score (nSPS) is 16.7. The van der Waals surface area contributed by atoms with Crippen molar-refractivity contribution >= 4 is 23.5 Å². The summed E-state index contributed by atoms with van der Waals surface area (Å²) < 4.78 is 5.70. The summed E-state index contributed by atoms with van der Waals surface area (Å²) >= 11 is 1.46. The van der Waals surface area contributed by atoms with Gasteiger partial charge in [-0.2, -0.15) is 0 Å². The van der Waals surface area contributed by atoms with Gasteiger partial charge in [0.15, 0.2) is 10.9 Å². The van der Waals surface area contributed by atoms with E-state index in [2.05, 4.69) is 30.2 Å². The van der Waals surface area contributed by atoms with Crippen LogP contribution in [0.15, 0.2) is 58.8 Å². The Balaban J connectivity index is 1.32. The first-order valence-corrected chi connectivity index (χ1v) is 10.1. The van der Waals surface area contributed by atoms with E-state index in [9.17, 15) is 4.79 Å². The average molecular weight is 396 g/mol. The van der Waals surface area contributed by atoms with E-state index >= 15 is 0 Å². The van der Waals surface area contributed by atoms with Gasteiger partial charge in [-0.05, 0) is 31.0 Å². The Bertz CT molecular complexity index is 905. The molecule has 1 amide bonds. The van der Waals surface area contributed by atoms with Crippen LogP contribution in [0.2, 0.25) is 0 Å². The Labute approximate surface area is 166 Å². The van der Waals surface area contributed by atoms with Crippen molar-refractivity contribution in [1.29, 1.82) is 0 Å². The number of piperidine rings is 1. The van der Waals surface area contributed by atoms with Gasteiger partial charge < -0.3 is 14.6 Å². The van der Waals surface area contributed by atoms with E-state index in [4.69, 9.17) is 4.42 Å². The highest BCUT2D eigenvalue weighted by molar-refractivity contribution is 7.98. The summed E-state index contributed by atoms with van der Waals surface area (Å²) in [5.74, 6) is 2.25. The molecule has 0 aliphatic carbocycles. The molecule has 0 spiro atoms. The lowest BCUT2D eigenvalue weighted by atomic mass is 10.1. The highest BCUT2D eigenvalue weighted by Crippen LogP contribution is 2.21. The second-order valence-corrected chi connectivity index (χ2v) is 7.35. The van der Waals surface area contributed by atoms with E-state index in [-0.39, 0.29) is 11.9 Å². The van der Waals surface area contributed by atoms with Crippen LogP contribution in [0.5, 0.6) is 0 Å². The van der Waals surface area contributed by atoms with E-state index in [1.54, 1.807) is 43.1 Å². The fourth-order valence-corrected chi connectivity index (χ4v) is 3.78. The quantitative estimate of drug-likeness (QED) is 0.502. The molecule has 1 aliphatic heterocycles. The van der Waals surface area contributed by atoms with Crippen LogP contribution in [0.1, 0.15) is 29.2 Å². The minimum absolute atomic E-state index is 0.0453. The van der Waals surface area contributed by atoms with Crippen molar-refractivity contribution in [3.05, 3.63) is 60.7 Å². The Morgan fingerprint density at radius 3 is 2.93 bits per heavy atom. The van der Waals surface area contributed by atoms with Crippen LogP contribution >= 0.6 is 11.8 Å². The van der Waals surface area contributed by atoms with Gasteiger partial charge >= 0.3 is 0 Å². The van der Waals surface area contributed by atoms with Gasteiger partial charge in [-0.3, -0.25) is 9.78 Å². The molecule has 1 saturated heterocycles. The molecule has 8 nitrogen and oxygen atoms in total. The van der Waals surface area contributed by atoms with Gasteiger partial charge in [-0.1, -0.05) is 11.8 Å². The fraction of sp³-hybridized carbons (Fsp3) is 0.316. The minimum Gasteiger partial charge on any atom is -0.455 e. The molecule has 1 atom stereocenters. The molecule has 4 heterocycles. The molecule has 28 heavy (non-hydrogen) atoms. The summed E-state index contributed by atoms with van der Waals surface area (Å²) in [6.07, 6.45) is 10.4. The van der Waals surface area contributed by atoms with Gasteiger partial charge in [-0.25, -0.2) is 15.0 Å². The lowest BCUT2D eigenvalue weighted by molar-refractivity contribution is 0.0903. The van der Waals surface area contributed by atoms with Crippen LogP contribution in [0.25, 0.3) is 0 Å². The van der Waals surface area contributed by atoms with E-state index in [1.165, 1.54) is 11.8 Å². The number of anilines is 1. The van der Waals surface area contributed by atoms with E-state index in [1.807, 2.05) is 6.07 Å². The van der Waals surface area contributed by atoms with Gasteiger partial charge in [0.05, 0.1) is 11.9 Å². The van der Waals surface area contributed by atoms with Gasteiger partial charge in [0.1, 0.15) is 11.6 Å². The molecule has 0 radical (unpaired) electrons. The molecule has 0 saturated carbocycles. The summed E-state index contributed by atoms with van der Waals surface area (Å²) in [6.45, 7) is 1.62. The maximum Gasteiger partial charge on any atom is 0.287 e. The topological polar surface area (TPSA) is 97.0 Å². The third-order valence-electron chi connectivity index (χ3n) is 4.40. The standard InChI is InChI=1S/C19H20N6O2S/c26-18(16-5-4-15(27-16)13-28-19-22-6-2-7-23-19)24-14-3-1-10-25(12-14)17-11-20-8-9-21-17/h2,4-9,11,14H,1,3,10,12-13H2,(H,24,26). The number of hydrogen-bond acceptors (Lipinski definition) is 8. The molecule has 144 valence electrons. The second kappa shape index (κ2) is 8.83. The molecule has 1 aliphatic rings. The van der Waals surface area contributed by atoms with Crippen molar-refractivity contribution in [2.24, 2.45) is 0 Å². The van der Waals surface area contributed by atoms with E-state index in [0.717, 1.165) is 25.2 Å². The first-order valence-electron chi connectivity index (χ1n) is 9.08. The van der Waals surface area contributed by atoms with Crippen molar-refractivity contribution in [3.8, 4) is 0 Å². The SMILES string of the molecule is O=C(NC1CCCN(c2cnccn2)C1)c1ccc(CSc2ncccn2)o1. The van der Waals surface area contributed by atoms with E-state index in [0.29, 0.717) is 29.0 Å². The highest BCUT2D eigenvalue weighted by atomic mass is 32.2. The number of carbonyl (C=O) groups excluding carboxylic acids is 1. The van der Waals surface area contributed by atoms with Crippen LogP contribution in [-0.2, 0) is 5.75 Å². The zero-order chi connectivity index (χ0) is 19.2. The van der Waals surface area contributed by atoms with Crippen molar-refractivity contribution in [1.82, 2.24) is 25.3 Å². The Hall–Kier alpha value is -2.94. The predicted octanol–water partition coefficient (Wildman–Crippen LogP) is 2.55. The first-order chi connectivity index (χ1) is 13.8. The van der Waals surface area contributed by atoms with Gasteiger partial charge in [-0.15, -0.1) is 0 Å². The monoisotopic (exact) mass is 396 g/mol. The molecule has 4 rings (SSSR count). The van der Waals surface area contributed by atoms with Crippen molar-refractivity contribution in [2.45, 2.75) is 29.8 Å². The summed E-state index contributed by atoms with van der Waals surface area (Å²) in [5.41, 5.74) is 0. The number of nitrogens with zero attached hydrogens (tertiary/aromatic N) is 5. The number of nitrogens with one attached hydrogen (secondary N) is 1. The number of hydrogen-bond donors (Lipinski definition) is 1. The van der Waals surface area contributed by atoms with E-state index < -0.39 is 0 Å². The highest BCUT2D eigenvalue weighted by Gasteiger charge is 2.24. The summed E-state index contributed by atoms with van der Waals surface area (Å²) in [7, 11) is 0. The van der Waals surface area contributed by atoms with Crippen molar-refractivity contribution in [2.75, 3.05) is 18.0 Å². The Kier molecular flexibility index (Phi) is 5.81. The zero-order valence-electron chi connectivity index (χ0n) is 15.2. The number of amides is 1. The van der Waals surface area contributed by atoms with Crippen LogP contribution in [0.4, 0.5) is 5.82 Å². The molecule has 9 heteroatoms. The smallest absolute Gasteiger partial charge is 0.287 e.